The molecule has 2 amide bonds. The first kappa shape index (κ1) is 18.7. The molecule has 1 aromatic heterocycles. The van der Waals surface area contributed by atoms with Crippen LogP contribution in [0.15, 0.2) is 40.9 Å². The number of ether oxygens (including phenoxy) is 1. The normalized spacial score (nSPS) is 29.6. The first-order valence-corrected chi connectivity index (χ1v) is 9.97. The summed E-state index contributed by atoms with van der Waals surface area (Å²) in [6.45, 7) is 2.31. The van der Waals surface area contributed by atoms with Crippen molar-refractivity contribution in [1.29, 1.82) is 0 Å². The van der Waals surface area contributed by atoms with Crippen LogP contribution in [0.2, 0.25) is 10.0 Å². The summed E-state index contributed by atoms with van der Waals surface area (Å²) in [5.74, 6) is -0.605. The molecular formula is C20H17Cl2N3O4. The van der Waals surface area contributed by atoms with E-state index in [2.05, 4.69) is 10.5 Å². The zero-order valence-electron chi connectivity index (χ0n) is 15.4. The molecule has 3 aliphatic heterocycles. The summed E-state index contributed by atoms with van der Waals surface area (Å²) in [6, 6.07) is 6.80. The van der Waals surface area contributed by atoms with Crippen LogP contribution in [0.3, 0.4) is 0 Å². The number of aryl methyl sites for hydroxylation is 1. The minimum Gasteiger partial charge on any atom is -0.360 e. The van der Waals surface area contributed by atoms with E-state index in [1.54, 1.807) is 31.2 Å². The van der Waals surface area contributed by atoms with Gasteiger partial charge < -0.3 is 14.6 Å². The number of fused-ring (bicyclic) bond motifs is 1. The SMILES string of the molecule is Cc1cc(N2C[C@]34C=CC(O3)C(C(=O)NCc3ccc(Cl)cc3Cl)C4C2=O)no1. The molecule has 1 spiro atoms. The Bertz CT molecular complexity index is 1050. The lowest BCUT2D eigenvalue weighted by molar-refractivity contribution is -0.132. The van der Waals surface area contributed by atoms with Gasteiger partial charge in [-0.1, -0.05) is 46.6 Å². The Morgan fingerprint density at radius 2 is 2.21 bits per heavy atom. The maximum atomic E-state index is 13.2. The van der Waals surface area contributed by atoms with Gasteiger partial charge in [0.1, 0.15) is 11.4 Å². The molecule has 3 unspecified atom stereocenters. The number of nitrogens with one attached hydrogen (secondary N) is 1. The van der Waals surface area contributed by atoms with Crippen LogP contribution < -0.4 is 10.2 Å². The van der Waals surface area contributed by atoms with Crippen molar-refractivity contribution in [3.8, 4) is 0 Å². The van der Waals surface area contributed by atoms with Gasteiger partial charge in [-0.15, -0.1) is 0 Å². The van der Waals surface area contributed by atoms with Crippen molar-refractivity contribution in [2.45, 2.75) is 25.2 Å². The molecule has 2 aromatic rings. The quantitative estimate of drug-likeness (QED) is 0.749. The molecule has 2 bridgehead atoms. The maximum Gasteiger partial charge on any atom is 0.235 e. The molecule has 150 valence electrons. The van der Waals surface area contributed by atoms with Gasteiger partial charge in [-0.3, -0.25) is 14.5 Å². The Kier molecular flexibility index (Phi) is 4.24. The molecule has 5 rings (SSSR count). The molecule has 7 nitrogen and oxygen atoms in total. The fraction of sp³-hybridized carbons (Fsp3) is 0.350. The van der Waals surface area contributed by atoms with Crippen LogP contribution in [0.1, 0.15) is 11.3 Å². The smallest absolute Gasteiger partial charge is 0.235 e. The molecule has 4 heterocycles. The Morgan fingerprint density at radius 3 is 2.93 bits per heavy atom. The lowest BCUT2D eigenvalue weighted by atomic mass is 9.77. The molecule has 0 aliphatic carbocycles. The summed E-state index contributed by atoms with van der Waals surface area (Å²) < 4.78 is 11.2. The van der Waals surface area contributed by atoms with E-state index in [9.17, 15) is 9.59 Å². The zero-order chi connectivity index (χ0) is 20.3. The number of anilines is 1. The number of rotatable bonds is 4. The second-order valence-electron chi connectivity index (χ2n) is 7.57. The maximum absolute atomic E-state index is 13.2. The highest BCUT2D eigenvalue weighted by Crippen LogP contribution is 2.52. The lowest BCUT2D eigenvalue weighted by Crippen LogP contribution is -2.44. The van der Waals surface area contributed by atoms with Crippen molar-refractivity contribution in [3.63, 3.8) is 0 Å². The van der Waals surface area contributed by atoms with Gasteiger partial charge in [0.2, 0.25) is 11.8 Å². The van der Waals surface area contributed by atoms with Crippen molar-refractivity contribution in [2.75, 3.05) is 11.4 Å². The first-order chi connectivity index (χ1) is 13.9. The molecule has 4 atom stereocenters. The van der Waals surface area contributed by atoms with Crippen molar-refractivity contribution in [2.24, 2.45) is 11.8 Å². The largest absolute Gasteiger partial charge is 0.360 e. The van der Waals surface area contributed by atoms with Crippen LogP contribution in [0.4, 0.5) is 5.82 Å². The van der Waals surface area contributed by atoms with E-state index in [1.165, 1.54) is 4.90 Å². The number of halogens is 2. The van der Waals surface area contributed by atoms with E-state index in [0.29, 0.717) is 28.2 Å². The van der Waals surface area contributed by atoms with Crippen molar-refractivity contribution in [3.05, 3.63) is 57.8 Å². The fourth-order valence-corrected chi connectivity index (χ4v) is 4.91. The number of hydrogen-bond donors (Lipinski definition) is 1. The lowest BCUT2D eigenvalue weighted by Gasteiger charge is -2.23. The van der Waals surface area contributed by atoms with Crippen LogP contribution in [-0.2, 0) is 20.9 Å². The summed E-state index contributed by atoms with van der Waals surface area (Å²) in [5, 5.41) is 7.83. The summed E-state index contributed by atoms with van der Waals surface area (Å²) in [4.78, 5) is 27.7. The average molecular weight is 434 g/mol. The van der Waals surface area contributed by atoms with Crippen LogP contribution in [-0.4, -0.2) is 35.2 Å². The fourth-order valence-electron chi connectivity index (χ4n) is 4.44. The highest BCUT2D eigenvalue weighted by Gasteiger charge is 2.67. The number of aromatic nitrogens is 1. The van der Waals surface area contributed by atoms with E-state index in [1.807, 2.05) is 12.2 Å². The minimum atomic E-state index is -0.811. The van der Waals surface area contributed by atoms with Crippen LogP contribution in [0.5, 0.6) is 0 Å². The van der Waals surface area contributed by atoms with E-state index in [-0.39, 0.29) is 18.4 Å². The van der Waals surface area contributed by atoms with Gasteiger partial charge in [-0.05, 0) is 24.6 Å². The molecule has 2 fully saturated rings. The third-order valence-electron chi connectivity index (χ3n) is 5.76. The molecule has 1 N–H and O–H groups in total. The highest BCUT2D eigenvalue weighted by atomic mass is 35.5. The molecule has 3 aliphatic rings. The number of nitrogens with zero attached hydrogens (tertiary/aromatic N) is 2. The van der Waals surface area contributed by atoms with E-state index < -0.39 is 23.5 Å². The Balaban J connectivity index is 1.36. The second kappa shape index (κ2) is 6.58. The molecule has 0 radical (unpaired) electrons. The summed E-state index contributed by atoms with van der Waals surface area (Å²) in [5.41, 5.74) is -0.0645. The molecular weight excluding hydrogens is 417 g/mol. The van der Waals surface area contributed by atoms with Gasteiger partial charge in [0.15, 0.2) is 5.82 Å². The predicted molar refractivity (Wildman–Crippen MR) is 106 cm³/mol. The second-order valence-corrected chi connectivity index (χ2v) is 8.42. The number of amides is 2. The number of carbonyl (C=O) groups is 2. The molecule has 29 heavy (non-hydrogen) atoms. The van der Waals surface area contributed by atoms with Gasteiger partial charge in [0.05, 0.1) is 24.5 Å². The van der Waals surface area contributed by atoms with E-state index in [0.717, 1.165) is 5.56 Å². The monoisotopic (exact) mass is 433 g/mol. The zero-order valence-corrected chi connectivity index (χ0v) is 16.9. The van der Waals surface area contributed by atoms with Crippen LogP contribution in [0.25, 0.3) is 0 Å². The average Bonchev–Trinajstić information content (AvgIpc) is 3.42. The number of hydrogen-bond acceptors (Lipinski definition) is 5. The minimum absolute atomic E-state index is 0.185. The van der Waals surface area contributed by atoms with Crippen molar-refractivity contribution >= 4 is 40.8 Å². The van der Waals surface area contributed by atoms with Crippen LogP contribution >= 0.6 is 23.2 Å². The van der Waals surface area contributed by atoms with E-state index in [4.69, 9.17) is 32.5 Å². The van der Waals surface area contributed by atoms with Crippen LogP contribution in [0, 0.1) is 18.8 Å². The molecule has 1 aromatic carbocycles. The van der Waals surface area contributed by atoms with E-state index >= 15 is 0 Å². The van der Waals surface area contributed by atoms with Gasteiger partial charge >= 0.3 is 0 Å². The van der Waals surface area contributed by atoms with Crippen molar-refractivity contribution in [1.82, 2.24) is 10.5 Å². The Labute approximate surface area is 176 Å². The number of benzene rings is 1. The summed E-state index contributed by atoms with van der Waals surface area (Å²) in [6.07, 6.45) is 3.33. The standard InChI is InChI=1S/C20H17Cl2N3O4/c1-10-6-15(24-29-10)25-9-20-5-4-14(28-20)16(17(20)19(25)27)18(26)23-8-11-2-3-12(21)7-13(11)22/h2-7,14,16-17H,8-9H2,1H3,(H,23,26)/t14?,16?,17?,20-/m0/s1. The topological polar surface area (TPSA) is 84.7 Å². The summed E-state index contributed by atoms with van der Waals surface area (Å²) in [7, 11) is 0. The van der Waals surface area contributed by atoms with Gasteiger partial charge in [0.25, 0.3) is 0 Å². The Morgan fingerprint density at radius 1 is 1.38 bits per heavy atom. The summed E-state index contributed by atoms with van der Waals surface area (Å²) >= 11 is 12.1. The molecule has 2 saturated heterocycles. The first-order valence-electron chi connectivity index (χ1n) is 9.21. The number of carbonyl (C=O) groups excluding carboxylic acids is 2. The Hall–Kier alpha value is -2.35. The van der Waals surface area contributed by atoms with Crippen molar-refractivity contribution < 1.29 is 18.8 Å². The molecule has 0 saturated carbocycles. The van der Waals surface area contributed by atoms with Gasteiger partial charge in [0, 0.05) is 22.7 Å². The molecule has 9 heteroatoms. The van der Waals surface area contributed by atoms with Gasteiger partial charge in [-0.2, -0.15) is 0 Å². The highest BCUT2D eigenvalue weighted by molar-refractivity contribution is 6.35. The third kappa shape index (κ3) is 2.87. The third-order valence-corrected chi connectivity index (χ3v) is 6.35. The predicted octanol–water partition coefficient (Wildman–Crippen LogP) is 2.89. The van der Waals surface area contributed by atoms with Gasteiger partial charge in [-0.25, -0.2) is 0 Å².